The minimum atomic E-state index is -0.295. The van der Waals surface area contributed by atoms with Crippen molar-refractivity contribution >= 4 is 11.8 Å². The molecule has 1 aromatic carbocycles. The van der Waals surface area contributed by atoms with Crippen LogP contribution < -0.4 is 5.32 Å². The molecule has 0 aliphatic rings. The van der Waals surface area contributed by atoms with Gasteiger partial charge >= 0.3 is 0 Å². The third-order valence-electron chi connectivity index (χ3n) is 2.51. The Labute approximate surface area is 112 Å². The molecule has 1 rings (SSSR count). The number of aliphatic hydroxyl groups excluding tert-OH is 1. The highest BCUT2D eigenvalue weighted by molar-refractivity contribution is 5.96. The van der Waals surface area contributed by atoms with Crippen LogP contribution in [0.1, 0.15) is 10.4 Å². The summed E-state index contributed by atoms with van der Waals surface area (Å²) in [6.45, 7) is 3.91. The van der Waals surface area contributed by atoms with Crippen LogP contribution in [0.5, 0.6) is 0 Å². The van der Waals surface area contributed by atoms with E-state index < -0.39 is 0 Å². The molecule has 0 atom stereocenters. The highest BCUT2D eigenvalue weighted by Gasteiger charge is 2.13. The summed E-state index contributed by atoms with van der Waals surface area (Å²) < 4.78 is 0. The van der Waals surface area contributed by atoms with Crippen molar-refractivity contribution in [2.75, 3.05) is 26.2 Å². The van der Waals surface area contributed by atoms with E-state index in [-0.39, 0.29) is 31.5 Å². The third kappa shape index (κ3) is 4.93. The van der Waals surface area contributed by atoms with E-state index >= 15 is 0 Å². The second kappa shape index (κ2) is 8.05. The summed E-state index contributed by atoms with van der Waals surface area (Å²) in [7, 11) is 0. The quantitative estimate of drug-likeness (QED) is 0.700. The number of hydrogen-bond donors (Lipinski definition) is 2. The summed E-state index contributed by atoms with van der Waals surface area (Å²) in [4.78, 5) is 25.0. The fourth-order valence-electron chi connectivity index (χ4n) is 1.55. The van der Waals surface area contributed by atoms with E-state index in [0.717, 1.165) is 0 Å². The van der Waals surface area contributed by atoms with E-state index in [0.29, 0.717) is 12.1 Å². The zero-order valence-electron chi connectivity index (χ0n) is 10.7. The Morgan fingerprint density at radius 3 is 2.58 bits per heavy atom. The Hall–Kier alpha value is -2.14. The molecule has 0 spiro atoms. The lowest BCUT2D eigenvalue weighted by Crippen LogP contribution is -2.41. The molecule has 0 unspecified atom stereocenters. The van der Waals surface area contributed by atoms with Gasteiger partial charge in [0.1, 0.15) is 0 Å². The smallest absolute Gasteiger partial charge is 0.251 e. The Morgan fingerprint density at radius 2 is 2.00 bits per heavy atom. The summed E-state index contributed by atoms with van der Waals surface area (Å²) in [5.41, 5.74) is 0.507. The second-order valence-corrected chi connectivity index (χ2v) is 3.90. The highest BCUT2D eigenvalue weighted by Crippen LogP contribution is 1.98. The van der Waals surface area contributed by atoms with Crippen molar-refractivity contribution in [2.24, 2.45) is 0 Å². The number of amides is 2. The lowest BCUT2D eigenvalue weighted by atomic mass is 10.2. The van der Waals surface area contributed by atoms with E-state index in [2.05, 4.69) is 11.9 Å². The number of carbonyl (C=O) groups is 2. The fraction of sp³-hybridized carbons (Fsp3) is 0.286. The predicted molar refractivity (Wildman–Crippen MR) is 72.6 cm³/mol. The monoisotopic (exact) mass is 262 g/mol. The fourth-order valence-corrected chi connectivity index (χ4v) is 1.55. The van der Waals surface area contributed by atoms with Gasteiger partial charge in [0, 0.05) is 18.7 Å². The first-order valence-corrected chi connectivity index (χ1v) is 6.01. The van der Waals surface area contributed by atoms with Gasteiger partial charge in [0.05, 0.1) is 13.2 Å². The Bertz CT molecular complexity index is 432. The lowest BCUT2D eigenvalue weighted by molar-refractivity contribution is -0.130. The minimum absolute atomic E-state index is 0.0957. The molecule has 2 N–H and O–H groups in total. The molecule has 0 fully saturated rings. The van der Waals surface area contributed by atoms with Crippen LogP contribution >= 0.6 is 0 Å². The first kappa shape index (κ1) is 14.9. The summed E-state index contributed by atoms with van der Waals surface area (Å²) in [5, 5.41) is 11.4. The Morgan fingerprint density at radius 1 is 1.32 bits per heavy atom. The van der Waals surface area contributed by atoms with Crippen molar-refractivity contribution in [3.8, 4) is 0 Å². The van der Waals surface area contributed by atoms with E-state index in [9.17, 15) is 9.59 Å². The van der Waals surface area contributed by atoms with Crippen molar-refractivity contribution in [3.05, 3.63) is 48.6 Å². The van der Waals surface area contributed by atoms with Crippen LogP contribution in [0, 0.1) is 0 Å². The second-order valence-electron chi connectivity index (χ2n) is 3.90. The van der Waals surface area contributed by atoms with Gasteiger partial charge < -0.3 is 15.3 Å². The molecule has 0 aliphatic heterocycles. The van der Waals surface area contributed by atoms with Gasteiger partial charge in [-0.05, 0) is 12.1 Å². The number of aliphatic hydroxyl groups is 1. The summed E-state index contributed by atoms with van der Waals surface area (Å²) in [5.74, 6) is -0.547. The molecule has 0 saturated heterocycles. The van der Waals surface area contributed by atoms with Gasteiger partial charge in [0.2, 0.25) is 5.91 Å². The minimum Gasteiger partial charge on any atom is -0.395 e. The molecule has 102 valence electrons. The van der Waals surface area contributed by atoms with Crippen LogP contribution in [0.25, 0.3) is 0 Å². The van der Waals surface area contributed by atoms with Gasteiger partial charge in [-0.2, -0.15) is 0 Å². The van der Waals surface area contributed by atoms with Crippen LogP contribution in [-0.2, 0) is 4.79 Å². The number of nitrogens with one attached hydrogen (secondary N) is 1. The molecule has 0 saturated carbocycles. The summed E-state index contributed by atoms with van der Waals surface area (Å²) in [6, 6.07) is 8.68. The highest BCUT2D eigenvalue weighted by atomic mass is 16.3. The van der Waals surface area contributed by atoms with E-state index in [1.807, 2.05) is 6.07 Å². The number of benzene rings is 1. The average molecular weight is 262 g/mol. The molecule has 0 aliphatic carbocycles. The van der Waals surface area contributed by atoms with E-state index in [4.69, 9.17) is 5.11 Å². The maximum absolute atomic E-state index is 11.8. The molecule has 5 nitrogen and oxygen atoms in total. The molecule has 0 heterocycles. The van der Waals surface area contributed by atoms with Crippen molar-refractivity contribution < 1.29 is 14.7 Å². The van der Waals surface area contributed by atoms with Crippen LogP contribution in [0.2, 0.25) is 0 Å². The molecule has 5 heteroatoms. The van der Waals surface area contributed by atoms with Crippen molar-refractivity contribution in [1.82, 2.24) is 10.2 Å². The first-order valence-electron chi connectivity index (χ1n) is 6.01. The van der Waals surface area contributed by atoms with Gasteiger partial charge in [-0.25, -0.2) is 0 Å². The van der Waals surface area contributed by atoms with Gasteiger partial charge in [0.15, 0.2) is 0 Å². The first-order chi connectivity index (χ1) is 9.19. The largest absolute Gasteiger partial charge is 0.395 e. The predicted octanol–water partition coefficient (Wildman–Crippen LogP) is 0.423. The number of hydrogen-bond acceptors (Lipinski definition) is 3. The molecule has 19 heavy (non-hydrogen) atoms. The van der Waals surface area contributed by atoms with Crippen LogP contribution in [-0.4, -0.2) is 48.1 Å². The molecular weight excluding hydrogens is 244 g/mol. The van der Waals surface area contributed by atoms with Gasteiger partial charge in [-0.15, -0.1) is 6.58 Å². The molecule has 0 radical (unpaired) electrons. The number of carbonyl (C=O) groups excluding carboxylic acids is 2. The summed E-state index contributed by atoms with van der Waals surface area (Å²) >= 11 is 0. The molecule has 0 bridgehead atoms. The average Bonchev–Trinajstić information content (AvgIpc) is 2.45. The molecule has 0 aromatic heterocycles. The third-order valence-corrected chi connectivity index (χ3v) is 2.51. The van der Waals surface area contributed by atoms with E-state index in [1.54, 1.807) is 30.3 Å². The van der Waals surface area contributed by atoms with Gasteiger partial charge in [-0.1, -0.05) is 24.3 Å². The maximum Gasteiger partial charge on any atom is 0.251 e. The normalized spacial score (nSPS) is 9.74. The SMILES string of the molecule is C=CCN(CCO)C(=O)CNC(=O)c1ccccc1. The van der Waals surface area contributed by atoms with E-state index in [1.165, 1.54) is 4.90 Å². The number of rotatable bonds is 7. The molecule has 1 aromatic rings. The van der Waals surface area contributed by atoms with Crippen molar-refractivity contribution in [3.63, 3.8) is 0 Å². The molecular formula is C14H18N2O3. The lowest BCUT2D eigenvalue weighted by Gasteiger charge is -2.20. The zero-order chi connectivity index (χ0) is 14.1. The molecule has 2 amide bonds. The van der Waals surface area contributed by atoms with Gasteiger partial charge in [-0.3, -0.25) is 9.59 Å². The van der Waals surface area contributed by atoms with Crippen LogP contribution in [0.3, 0.4) is 0 Å². The zero-order valence-corrected chi connectivity index (χ0v) is 10.7. The van der Waals surface area contributed by atoms with Crippen molar-refractivity contribution in [2.45, 2.75) is 0 Å². The summed E-state index contributed by atoms with van der Waals surface area (Å²) in [6.07, 6.45) is 1.58. The Balaban J connectivity index is 2.48. The Kier molecular flexibility index (Phi) is 6.32. The maximum atomic E-state index is 11.8. The number of nitrogens with zero attached hydrogens (tertiary/aromatic N) is 1. The van der Waals surface area contributed by atoms with Crippen LogP contribution in [0.4, 0.5) is 0 Å². The van der Waals surface area contributed by atoms with Crippen molar-refractivity contribution in [1.29, 1.82) is 0 Å². The standard InChI is InChI=1S/C14H18N2O3/c1-2-8-16(9-10-17)13(18)11-15-14(19)12-6-4-3-5-7-12/h2-7,17H,1,8-11H2,(H,15,19). The van der Waals surface area contributed by atoms with Gasteiger partial charge in [0.25, 0.3) is 5.91 Å². The topological polar surface area (TPSA) is 69.6 Å². The van der Waals surface area contributed by atoms with Crippen LogP contribution in [0.15, 0.2) is 43.0 Å².